The highest BCUT2D eigenvalue weighted by Gasteiger charge is 2.25. The molecule has 1 fully saturated rings. The fourth-order valence-electron chi connectivity index (χ4n) is 2.54. The van der Waals surface area contributed by atoms with Crippen molar-refractivity contribution in [3.8, 4) is 0 Å². The minimum atomic E-state index is -0.250. The molecule has 9 heteroatoms. The molecule has 1 amide bonds. The molecule has 3 rings (SSSR count). The number of aryl methyl sites for hydroxylation is 2. The van der Waals surface area contributed by atoms with E-state index in [0.29, 0.717) is 37.9 Å². The highest BCUT2D eigenvalue weighted by atomic mass is 16.6. The Labute approximate surface area is 139 Å². The van der Waals surface area contributed by atoms with Gasteiger partial charge in [0.25, 0.3) is 0 Å². The second kappa shape index (κ2) is 6.91. The van der Waals surface area contributed by atoms with E-state index in [1.54, 1.807) is 11.8 Å². The minimum Gasteiger partial charge on any atom is -0.368 e. The molecule has 2 aromatic heterocycles. The predicted molar refractivity (Wildman–Crippen MR) is 84.1 cm³/mol. The van der Waals surface area contributed by atoms with Crippen molar-refractivity contribution in [2.45, 2.75) is 33.4 Å². The number of aromatic nitrogens is 4. The van der Waals surface area contributed by atoms with Crippen LogP contribution in [0.5, 0.6) is 0 Å². The van der Waals surface area contributed by atoms with Crippen molar-refractivity contribution < 1.29 is 14.2 Å². The van der Waals surface area contributed by atoms with Crippen LogP contribution in [0.2, 0.25) is 0 Å². The molecule has 0 unspecified atom stereocenters. The molecule has 1 saturated heterocycles. The lowest BCUT2D eigenvalue weighted by atomic mass is 10.2. The Morgan fingerprint density at radius 1 is 1.38 bits per heavy atom. The van der Waals surface area contributed by atoms with Crippen LogP contribution >= 0.6 is 0 Å². The van der Waals surface area contributed by atoms with Crippen LogP contribution in [0.3, 0.4) is 0 Å². The van der Waals surface area contributed by atoms with E-state index >= 15 is 0 Å². The third-order valence-corrected chi connectivity index (χ3v) is 3.88. The van der Waals surface area contributed by atoms with Crippen molar-refractivity contribution in [2.24, 2.45) is 0 Å². The maximum Gasteiger partial charge on any atom is 0.219 e. The van der Waals surface area contributed by atoms with Gasteiger partial charge in [0.2, 0.25) is 5.91 Å². The summed E-state index contributed by atoms with van der Waals surface area (Å²) in [5.74, 6) is 1.35. The molecule has 128 valence electrons. The van der Waals surface area contributed by atoms with Crippen molar-refractivity contribution in [1.82, 2.24) is 25.2 Å². The molecule has 0 aliphatic carbocycles. The van der Waals surface area contributed by atoms with Gasteiger partial charge in [0.05, 0.1) is 25.4 Å². The highest BCUT2D eigenvalue weighted by molar-refractivity contribution is 5.73. The highest BCUT2D eigenvalue weighted by Crippen LogP contribution is 2.23. The first-order valence-electron chi connectivity index (χ1n) is 7.77. The summed E-state index contributed by atoms with van der Waals surface area (Å²) in [5.41, 5.74) is 2.22. The van der Waals surface area contributed by atoms with Crippen LogP contribution in [0, 0.1) is 13.8 Å². The van der Waals surface area contributed by atoms with Crippen molar-refractivity contribution in [3.63, 3.8) is 0 Å². The summed E-state index contributed by atoms with van der Waals surface area (Å²) in [7, 11) is 0. The van der Waals surface area contributed by atoms with Crippen molar-refractivity contribution in [1.29, 1.82) is 0 Å². The molecule has 1 atom stereocenters. The summed E-state index contributed by atoms with van der Waals surface area (Å²) in [4.78, 5) is 22.2. The summed E-state index contributed by atoms with van der Waals surface area (Å²) < 4.78 is 10.5. The average molecular weight is 332 g/mol. The van der Waals surface area contributed by atoms with E-state index in [-0.39, 0.29) is 12.0 Å². The SMILES string of the molecule is CC(=O)N1CCO[C@@H](c2cc(NCc3nonc3C)nc(C)n2)C1. The van der Waals surface area contributed by atoms with Gasteiger partial charge in [0.1, 0.15) is 29.1 Å². The van der Waals surface area contributed by atoms with Crippen molar-refractivity contribution >= 4 is 11.7 Å². The molecule has 2 aromatic rings. The zero-order valence-corrected chi connectivity index (χ0v) is 13.9. The van der Waals surface area contributed by atoms with E-state index in [1.165, 1.54) is 0 Å². The van der Waals surface area contributed by atoms with Crippen molar-refractivity contribution in [2.75, 3.05) is 25.0 Å². The molecular weight excluding hydrogens is 312 g/mol. The number of ether oxygens (including phenoxy) is 1. The fourth-order valence-corrected chi connectivity index (χ4v) is 2.54. The molecule has 1 N–H and O–H groups in total. The number of amides is 1. The zero-order valence-electron chi connectivity index (χ0n) is 13.9. The third kappa shape index (κ3) is 3.67. The molecular formula is C15H20N6O3. The first kappa shape index (κ1) is 16.3. The quantitative estimate of drug-likeness (QED) is 0.884. The van der Waals surface area contributed by atoms with Gasteiger partial charge in [-0.25, -0.2) is 14.6 Å². The van der Waals surface area contributed by atoms with Crippen molar-refractivity contribution in [3.05, 3.63) is 29.0 Å². The standard InChI is InChI=1S/C15H20N6O3/c1-9-13(20-24-19-9)7-16-15-6-12(17-10(2)18-15)14-8-21(11(3)22)4-5-23-14/h6,14H,4-5,7-8H2,1-3H3,(H,16,17,18)/t14-/m1/s1. The van der Waals surface area contributed by atoms with Crippen LogP contribution in [-0.2, 0) is 16.1 Å². The van der Waals surface area contributed by atoms with Gasteiger partial charge in [0, 0.05) is 19.5 Å². The average Bonchev–Trinajstić information content (AvgIpc) is 2.97. The van der Waals surface area contributed by atoms with Gasteiger partial charge >= 0.3 is 0 Å². The summed E-state index contributed by atoms with van der Waals surface area (Å²) >= 11 is 0. The molecule has 1 aliphatic rings. The maximum atomic E-state index is 11.6. The van der Waals surface area contributed by atoms with Crippen LogP contribution in [0.25, 0.3) is 0 Å². The van der Waals surface area contributed by atoms with Crippen LogP contribution in [0.1, 0.15) is 35.9 Å². The molecule has 24 heavy (non-hydrogen) atoms. The first-order chi connectivity index (χ1) is 11.5. The zero-order chi connectivity index (χ0) is 17.1. The monoisotopic (exact) mass is 332 g/mol. The normalized spacial score (nSPS) is 17.8. The lowest BCUT2D eigenvalue weighted by Gasteiger charge is -2.32. The number of hydrogen-bond acceptors (Lipinski definition) is 8. The largest absolute Gasteiger partial charge is 0.368 e. The van der Waals surface area contributed by atoms with Gasteiger partial charge in [-0.3, -0.25) is 4.79 Å². The molecule has 0 bridgehead atoms. The summed E-state index contributed by atoms with van der Waals surface area (Å²) in [6.45, 7) is 7.28. The van der Waals surface area contributed by atoms with Crippen LogP contribution in [0.15, 0.2) is 10.7 Å². The van der Waals surface area contributed by atoms with Gasteiger partial charge in [-0.05, 0) is 13.8 Å². The Bertz CT molecular complexity index is 732. The van der Waals surface area contributed by atoms with E-state index in [4.69, 9.17) is 4.74 Å². The van der Waals surface area contributed by atoms with Crippen LogP contribution in [-0.4, -0.2) is 50.8 Å². The second-order valence-corrected chi connectivity index (χ2v) is 5.70. The van der Waals surface area contributed by atoms with E-state index in [1.807, 2.05) is 19.9 Å². The molecule has 0 aromatic carbocycles. The topological polar surface area (TPSA) is 106 Å². The molecule has 3 heterocycles. The van der Waals surface area contributed by atoms with E-state index in [2.05, 4.69) is 30.2 Å². The smallest absolute Gasteiger partial charge is 0.219 e. The van der Waals surface area contributed by atoms with Gasteiger partial charge < -0.3 is 15.0 Å². The Morgan fingerprint density at radius 3 is 2.92 bits per heavy atom. The predicted octanol–water partition coefficient (Wildman–Crippen LogP) is 1.01. The van der Waals surface area contributed by atoms with E-state index < -0.39 is 0 Å². The Hall–Kier alpha value is -2.55. The minimum absolute atomic E-state index is 0.0430. The summed E-state index contributed by atoms with van der Waals surface area (Å²) in [5, 5.41) is 10.8. The number of nitrogens with one attached hydrogen (secondary N) is 1. The molecule has 0 saturated carbocycles. The Balaban J connectivity index is 1.73. The van der Waals surface area contributed by atoms with Gasteiger partial charge in [0.15, 0.2) is 0 Å². The lowest BCUT2D eigenvalue weighted by molar-refractivity contribution is -0.136. The first-order valence-corrected chi connectivity index (χ1v) is 7.77. The van der Waals surface area contributed by atoms with Gasteiger partial charge in [-0.2, -0.15) is 0 Å². The van der Waals surface area contributed by atoms with Crippen LogP contribution in [0.4, 0.5) is 5.82 Å². The molecule has 9 nitrogen and oxygen atoms in total. The molecule has 1 aliphatic heterocycles. The Morgan fingerprint density at radius 2 is 2.21 bits per heavy atom. The Kier molecular flexibility index (Phi) is 4.70. The summed E-state index contributed by atoms with van der Waals surface area (Å²) in [6, 6.07) is 1.84. The van der Waals surface area contributed by atoms with Gasteiger partial charge in [-0.15, -0.1) is 0 Å². The number of nitrogens with zero attached hydrogens (tertiary/aromatic N) is 5. The number of rotatable bonds is 4. The van der Waals surface area contributed by atoms with E-state index in [0.717, 1.165) is 17.1 Å². The number of morpholine rings is 1. The summed E-state index contributed by atoms with van der Waals surface area (Å²) in [6.07, 6.45) is -0.250. The van der Waals surface area contributed by atoms with Gasteiger partial charge in [-0.1, -0.05) is 10.3 Å². The molecule has 0 radical (unpaired) electrons. The number of carbonyl (C=O) groups excluding carboxylic acids is 1. The number of carbonyl (C=O) groups is 1. The fraction of sp³-hybridized carbons (Fsp3) is 0.533. The molecule has 0 spiro atoms. The number of hydrogen-bond donors (Lipinski definition) is 1. The number of anilines is 1. The maximum absolute atomic E-state index is 11.6. The van der Waals surface area contributed by atoms with E-state index in [9.17, 15) is 4.79 Å². The lowest BCUT2D eigenvalue weighted by Crippen LogP contribution is -2.41. The van der Waals surface area contributed by atoms with Crippen LogP contribution < -0.4 is 5.32 Å². The third-order valence-electron chi connectivity index (χ3n) is 3.88. The second-order valence-electron chi connectivity index (χ2n) is 5.70.